The van der Waals surface area contributed by atoms with E-state index in [1.54, 1.807) is 19.9 Å². The molecule has 1 aromatic heterocycles. The van der Waals surface area contributed by atoms with E-state index in [2.05, 4.69) is 0 Å². The molecule has 0 aliphatic rings. The first kappa shape index (κ1) is 9.80. The molecule has 0 saturated heterocycles. The molecule has 4 heteroatoms. The second-order valence-corrected chi connectivity index (χ2v) is 2.65. The maximum Gasteiger partial charge on any atom is 0.374 e. The molecule has 0 bridgehead atoms. The topological polar surface area (TPSA) is 65.5 Å². The van der Waals surface area contributed by atoms with Gasteiger partial charge in [-0.15, -0.1) is 0 Å². The molecule has 0 saturated carbocycles. The summed E-state index contributed by atoms with van der Waals surface area (Å²) >= 11 is 0. The molecule has 13 heavy (non-hydrogen) atoms. The third kappa shape index (κ3) is 2.09. The van der Waals surface area contributed by atoms with Gasteiger partial charge in [0, 0.05) is 5.56 Å². The molecule has 2 N–H and O–H groups in total. The zero-order valence-corrected chi connectivity index (χ0v) is 7.79. The summed E-state index contributed by atoms with van der Waals surface area (Å²) in [5, 5.41) is 0. The minimum absolute atomic E-state index is 0.252. The molecule has 72 valence electrons. The normalized spacial score (nSPS) is 10.1. The van der Waals surface area contributed by atoms with Crippen molar-refractivity contribution in [3.8, 4) is 0 Å². The lowest BCUT2D eigenvalue weighted by molar-refractivity contribution is 0.0487. The monoisotopic (exact) mass is 183 g/mol. The molecular formula is C9H13NO3. The van der Waals surface area contributed by atoms with Crippen molar-refractivity contribution >= 4 is 5.97 Å². The number of nitrogens with two attached hydrogens (primary N) is 1. The second kappa shape index (κ2) is 4.09. The predicted octanol–water partition coefficient (Wildman–Crippen LogP) is 1.22. The maximum absolute atomic E-state index is 11.2. The minimum Gasteiger partial charge on any atom is -0.460 e. The third-order valence-electron chi connectivity index (χ3n) is 1.63. The average molecular weight is 183 g/mol. The number of hydrogen-bond acceptors (Lipinski definition) is 4. The van der Waals surface area contributed by atoms with Crippen molar-refractivity contribution in [2.75, 3.05) is 6.61 Å². The molecule has 0 aromatic carbocycles. The number of esters is 1. The first-order chi connectivity index (χ1) is 6.19. The van der Waals surface area contributed by atoms with E-state index in [-0.39, 0.29) is 5.76 Å². The van der Waals surface area contributed by atoms with Gasteiger partial charge >= 0.3 is 5.97 Å². The van der Waals surface area contributed by atoms with Crippen molar-refractivity contribution in [1.29, 1.82) is 0 Å². The van der Waals surface area contributed by atoms with Crippen molar-refractivity contribution in [2.24, 2.45) is 5.73 Å². The number of furan rings is 1. The fourth-order valence-electron chi connectivity index (χ4n) is 1.05. The third-order valence-corrected chi connectivity index (χ3v) is 1.63. The summed E-state index contributed by atoms with van der Waals surface area (Å²) in [6.07, 6.45) is 0. The summed E-state index contributed by atoms with van der Waals surface area (Å²) < 4.78 is 9.97. The summed E-state index contributed by atoms with van der Waals surface area (Å²) in [5.74, 6) is 0.419. The molecular weight excluding hydrogens is 170 g/mol. The van der Waals surface area contributed by atoms with Crippen LogP contribution in [-0.4, -0.2) is 12.6 Å². The number of ether oxygens (including phenoxy) is 1. The molecule has 0 fully saturated rings. The van der Waals surface area contributed by atoms with Gasteiger partial charge in [-0.05, 0) is 19.9 Å². The Morgan fingerprint density at radius 1 is 1.69 bits per heavy atom. The van der Waals surface area contributed by atoms with Crippen molar-refractivity contribution < 1.29 is 13.9 Å². The highest BCUT2D eigenvalue weighted by atomic mass is 16.5. The lowest BCUT2D eigenvalue weighted by Crippen LogP contribution is -2.04. The Morgan fingerprint density at radius 3 is 2.85 bits per heavy atom. The Labute approximate surface area is 76.7 Å². The number of aryl methyl sites for hydroxylation is 1. The first-order valence-corrected chi connectivity index (χ1v) is 4.15. The van der Waals surface area contributed by atoms with Gasteiger partial charge in [0.05, 0.1) is 13.2 Å². The predicted molar refractivity (Wildman–Crippen MR) is 47.3 cm³/mol. The summed E-state index contributed by atoms with van der Waals surface area (Å²) in [7, 11) is 0. The quantitative estimate of drug-likeness (QED) is 0.715. The van der Waals surface area contributed by atoms with Gasteiger partial charge in [0.1, 0.15) is 5.76 Å². The largest absolute Gasteiger partial charge is 0.460 e. The zero-order valence-electron chi connectivity index (χ0n) is 7.79. The zero-order chi connectivity index (χ0) is 9.84. The van der Waals surface area contributed by atoms with Crippen molar-refractivity contribution in [1.82, 2.24) is 0 Å². The van der Waals surface area contributed by atoms with Crippen molar-refractivity contribution in [2.45, 2.75) is 20.4 Å². The Hall–Kier alpha value is -1.29. The van der Waals surface area contributed by atoms with Gasteiger partial charge in [0.2, 0.25) is 5.76 Å². The Kier molecular flexibility index (Phi) is 3.08. The fourth-order valence-corrected chi connectivity index (χ4v) is 1.05. The van der Waals surface area contributed by atoms with E-state index in [0.717, 1.165) is 5.56 Å². The van der Waals surface area contributed by atoms with E-state index in [1.165, 1.54) is 0 Å². The number of hydrogen-bond donors (Lipinski definition) is 1. The minimum atomic E-state index is -0.431. The number of carbonyl (C=O) groups is 1. The molecule has 0 aliphatic carbocycles. The maximum atomic E-state index is 11.2. The molecule has 0 radical (unpaired) electrons. The Bertz CT molecular complexity index is 304. The first-order valence-electron chi connectivity index (χ1n) is 4.15. The van der Waals surface area contributed by atoms with Crippen LogP contribution in [0.1, 0.15) is 28.8 Å². The summed E-state index contributed by atoms with van der Waals surface area (Å²) in [6, 6.07) is 1.74. The number of rotatable bonds is 3. The Balaban J connectivity index is 2.87. The van der Waals surface area contributed by atoms with Crippen LogP contribution in [0.5, 0.6) is 0 Å². The summed E-state index contributed by atoms with van der Waals surface area (Å²) in [4.78, 5) is 11.2. The van der Waals surface area contributed by atoms with Gasteiger partial charge in [-0.25, -0.2) is 4.79 Å². The highest BCUT2D eigenvalue weighted by Crippen LogP contribution is 2.14. The van der Waals surface area contributed by atoms with Crippen molar-refractivity contribution in [3.05, 3.63) is 23.2 Å². The summed E-state index contributed by atoms with van der Waals surface area (Å²) in [6.45, 7) is 4.17. The fraction of sp³-hybridized carbons (Fsp3) is 0.444. The van der Waals surface area contributed by atoms with Crippen LogP contribution in [0.3, 0.4) is 0 Å². The second-order valence-electron chi connectivity index (χ2n) is 2.65. The van der Waals surface area contributed by atoms with Gasteiger partial charge in [0.15, 0.2) is 0 Å². The molecule has 0 atom stereocenters. The van der Waals surface area contributed by atoms with Crippen LogP contribution in [0.2, 0.25) is 0 Å². The van der Waals surface area contributed by atoms with Gasteiger partial charge in [-0.2, -0.15) is 0 Å². The molecule has 1 aromatic rings. The SMILES string of the molecule is CCOC(=O)c1oc(CN)cc1C. The lowest BCUT2D eigenvalue weighted by atomic mass is 10.2. The molecule has 1 rings (SSSR count). The molecule has 0 unspecified atom stereocenters. The standard InChI is InChI=1S/C9H13NO3/c1-3-12-9(11)8-6(2)4-7(5-10)13-8/h4H,3,5,10H2,1-2H3. The van der Waals surface area contributed by atoms with E-state index >= 15 is 0 Å². The molecule has 0 amide bonds. The van der Waals surface area contributed by atoms with E-state index in [1.807, 2.05) is 0 Å². The van der Waals surface area contributed by atoms with Gasteiger partial charge in [-0.3, -0.25) is 0 Å². The molecule has 1 heterocycles. The highest BCUT2D eigenvalue weighted by molar-refractivity contribution is 5.87. The van der Waals surface area contributed by atoms with E-state index in [9.17, 15) is 4.79 Å². The highest BCUT2D eigenvalue weighted by Gasteiger charge is 2.15. The van der Waals surface area contributed by atoms with Gasteiger partial charge < -0.3 is 14.9 Å². The van der Waals surface area contributed by atoms with Crippen LogP contribution in [0.15, 0.2) is 10.5 Å². The summed E-state index contributed by atoms with van der Waals surface area (Å²) in [5.41, 5.74) is 6.12. The van der Waals surface area contributed by atoms with E-state index in [4.69, 9.17) is 14.9 Å². The van der Waals surface area contributed by atoms with Gasteiger partial charge in [0.25, 0.3) is 0 Å². The number of carbonyl (C=O) groups excluding carboxylic acids is 1. The van der Waals surface area contributed by atoms with Crippen molar-refractivity contribution in [3.63, 3.8) is 0 Å². The molecule has 0 spiro atoms. The Morgan fingerprint density at radius 2 is 2.38 bits per heavy atom. The van der Waals surface area contributed by atoms with E-state index < -0.39 is 5.97 Å². The van der Waals surface area contributed by atoms with Gasteiger partial charge in [-0.1, -0.05) is 0 Å². The van der Waals surface area contributed by atoms with Crippen LogP contribution in [0, 0.1) is 6.92 Å². The lowest BCUT2D eigenvalue weighted by Gasteiger charge is -1.98. The van der Waals surface area contributed by atoms with Crippen LogP contribution in [0.25, 0.3) is 0 Å². The smallest absolute Gasteiger partial charge is 0.374 e. The van der Waals surface area contributed by atoms with E-state index in [0.29, 0.717) is 18.9 Å². The van der Waals surface area contributed by atoms with Crippen LogP contribution >= 0.6 is 0 Å². The molecule has 4 nitrogen and oxygen atoms in total. The van der Waals surface area contributed by atoms with Crippen LogP contribution in [-0.2, 0) is 11.3 Å². The average Bonchev–Trinajstić information content (AvgIpc) is 2.47. The molecule has 0 aliphatic heterocycles. The van der Waals surface area contributed by atoms with Crippen LogP contribution < -0.4 is 5.73 Å². The van der Waals surface area contributed by atoms with Crippen LogP contribution in [0.4, 0.5) is 0 Å².